The van der Waals surface area contributed by atoms with E-state index in [0.717, 1.165) is 12.1 Å². The molecule has 0 radical (unpaired) electrons. The largest absolute Gasteiger partial charge is 0.439 e. The van der Waals surface area contributed by atoms with Gasteiger partial charge in [0, 0.05) is 40.9 Å². The lowest BCUT2D eigenvalue weighted by molar-refractivity contribution is -0.137. The van der Waals surface area contributed by atoms with Crippen molar-refractivity contribution in [3.63, 3.8) is 0 Å². The van der Waals surface area contributed by atoms with Gasteiger partial charge in [-0.1, -0.05) is 41.3 Å². The number of urea groups is 2. The highest BCUT2D eigenvalue weighted by Crippen LogP contribution is 2.31. The Kier molecular flexibility index (Phi) is 11.3. The van der Waals surface area contributed by atoms with Crippen LogP contribution in [-0.2, 0) is 21.0 Å². The van der Waals surface area contributed by atoms with Gasteiger partial charge in [-0.05, 0) is 62.7 Å². The van der Waals surface area contributed by atoms with Crippen LogP contribution in [0, 0.1) is 0 Å². The van der Waals surface area contributed by atoms with E-state index in [1.165, 1.54) is 12.1 Å². The smallest absolute Gasteiger partial charge is 0.416 e. The van der Waals surface area contributed by atoms with Gasteiger partial charge < -0.3 is 40.3 Å². The second-order valence-corrected chi connectivity index (χ2v) is 11.7. The number of hydrogen-bond donors (Lipinski definition) is 6. The van der Waals surface area contributed by atoms with Crippen molar-refractivity contribution >= 4 is 51.5 Å². The van der Waals surface area contributed by atoms with E-state index in [0.29, 0.717) is 28.3 Å². The minimum absolute atomic E-state index is 0.0162. The number of aliphatic hydroxyl groups excluding tert-OH is 1. The summed E-state index contributed by atoms with van der Waals surface area (Å²) in [5.41, 5.74) is 1.20. The molecule has 0 bridgehead atoms. The van der Waals surface area contributed by atoms with Crippen molar-refractivity contribution < 1.29 is 32.1 Å². The first-order chi connectivity index (χ1) is 22.3. The Bertz CT molecular complexity index is 1810. The van der Waals surface area contributed by atoms with Gasteiger partial charge in [-0.15, -0.1) is 0 Å². The van der Waals surface area contributed by atoms with E-state index in [-0.39, 0.29) is 35.2 Å². The first-order valence-electron chi connectivity index (χ1n) is 14.2. The minimum atomic E-state index is -4.54. The zero-order valence-corrected chi connectivity index (χ0v) is 26.2. The van der Waals surface area contributed by atoms with Crippen LogP contribution < -0.4 is 26.6 Å². The molecule has 12 nitrogen and oxygen atoms in total. The van der Waals surface area contributed by atoms with Crippen LogP contribution in [0.3, 0.4) is 0 Å². The molecule has 6 N–H and O–H groups in total. The summed E-state index contributed by atoms with van der Waals surface area (Å²) in [6.07, 6.45) is -2.99. The molecule has 0 aliphatic rings. The highest BCUT2D eigenvalue weighted by Gasteiger charge is 2.30. The highest BCUT2D eigenvalue weighted by molar-refractivity contribution is 7.75. The van der Waals surface area contributed by atoms with Gasteiger partial charge in [-0.25, -0.2) is 14.6 Å². The Hall–Kier alpha value is -5.22. The van der Waals surface area contributed by atoms with Gasteiger partial charge in [0.2, 0.25) is 5.95 Å². The van der Waals surface area contributed by atoms with E-state index in [2.05, 4.69) is 40.9 Å². The molecule has 1 unspecified atom stereocenters. The van der Waals surface area contributed by atoms with E-state index in [1.807, 2.05) is 0 Å². The van der Waals surface area contributed by atoms with Crippen molar-refractivity contribution in [2.75, 3.05) is 27.9 Å². The van der Waals surface area contributed by atoms with Gasteiger partial charge in [-0.3, -0.25) is 0 Å². The zero-order valence-electron chi connectivity index (χ0n) is 25.4. The maximum Gasteiger partial charge on any atom is 0.416 e. The first kappa shape index (κ1) is 34.6. The first-order valence-corrected chi connectivity index (χ1v) is 15.3. The molecule has 0 aliphatic carbocycles. The van der Waals surface area contributed by atoms with Crippen LogP contribution in [0.25, 0.3) is 11.1 Å². The molecule has 0 saturated carbocycles. The molecule has 16 heteroatoms. The van der Waals surface area contributed by atoms with Crippen LogP contribution in [0.5, 0.6) is 0 Å². The van der Waals surface area contributed by atoms with Crippen molar-refractivity contribution in [1.82, 2.24) is 15.3 Å². The normalized spacial score (nSPS) is 12.7. The summed E-state index contributed by atoms with van der Waals surface area (Å²) < 4.78 is 55.2. The Morgan fingerprint density at radius 2 is 1.62 bits per heavy atom. The molecule has 47 heavy (non-hydrogen) atoms. The molecule has 1 heterocycles. The average molecular weight is 670 g/mol. The second kappa shape index (κ2) is 15.4. The number of halogens is 3. The van der Waals surface area contributed by atoms with E-state index in [9.17, 15) is 32.1 Å². The summed E-state index contributed by atoms with van der Waals surface area (Å²) in [7, 11) is -1.94. The van der Waals surface area contributed by atoms with E-state index >= 15 is 0 Å². The quantitative estimate of drug-likeness (QED) is 0.0984. The molecular formula is C31H32F3N8O4S-. The third-order valence-corrected chi connectivity index (χ3v) is 7.21. The van der Waals surface area contributed by atoms with Crippen LogP contribution in [0.15, 0.2) is 88.3 Å². The number of anilines is 5. The summed E-state index contributed by atoms with van der Waals surface area (Å²) in [6.45, 7) is 5.10. The van der Waals surface area contributed by atoms with Crippen LogP contribution in [-0.4, -0.2) is 45.8 Å². The fourth-order valence-electron chi connectivity index (χ4n) is 4.06. The van der Waals surface area contributed by atoms with Gasteiger partial charge >= 0.3 is 18.2 Å². The predicted octanol–water partition coefficient (Wildman–Crippen LogP) is 6.97. The fraction of sp³-hybridized carbons (Fsp3) is 0.226. The van der Waals surface area contributed by atoms with Crippen molar-refractivity contribution in [3.05, 3.63) is 84.6 Å². The lowest BCUT2D eigenvalue weighted by atomic mass is 10.1. The van der Waals surface area contributed by atoms with Crippen LogP contribution in [0.4, 0.5) is 51.6 Å². The van der Waals surface area contributed by atoms with Gasteiger partial charge in [0.05, 0.1) is 12.2 Å². The van der Waals surface area contributed by atoms with E-state index in [1.54, 1.807) is 75.5 Å². The SMILES string of the molecule is CC(C)NC(=O)N=[S-](=O)c1cccc(Nc2ncc(-c3ccc(NC(=O)Nc4cccc(C(F)(F)F)c4)cc3)c(NC(C)CO)n2)c1. The molecule has 0 saturated heterocycles. The number of aliphatic hydroxyl groups is 1. The second-order valence-electron chi connectivity index (χ2n) is 10.5. The monoisotopic (exact) mass is 669 g/mol. The van der Waals surface area contributed by atoms with Gasteiger partial charge in [-0.2, -0.15) is 28.8 Å². The standard InChI is InChI=1S/C31H32F3N8O4S/c1-18(2)36-30(45)42-47(46)25-9-5-8-24(15-25)38-28-35-16-26(27(41-28)37-19(3)17-43)20-10-12-22(13-11-20)39-29(44)40-23-7-4-6-21(14-23)31(32,33)34/h4-16,18-19,43H,17H2,1-3H3,(H,36,45)(H2,39,40,44)(H2,35,37,38,41)/q-1. The Labute approximate surface area is 270 Å². The molecule has 4 aromatic rings. The van der Waals surface area contributed by atoms with Gasteiger partial charge in [0.15, 0.2) is 0 Å². The summed E-state index contributed by atoms with van der Waals surface area (Å²) in [5.74, 6) is 0.565. The van der Waals surface area contributed by atoms with Crippen LogP contribution in [0.1, 0.15) is 26.3 Å². The number of carbonyl (C=O) groups is 2. The lowest BCUT2D eigenvalue weighted by Crippen LogP contribution is -2.27. The molecule has 0 aliphatic heterocycles. The molecule has 0 fully saturated rings. The van der Waals surface area contributed by atoms with E-state index < -0.39 is 34.4 Å². The third-order valence-electron chi connectivity index (χ3n) is 6.22. The minimum Gasteiger partial charge on any atom is -0.439 e. The fourth-order valence-corrected chi connectivity index (χ4v) is 4.79. The summed E-state index contributed by atoms with van der Waals surface area (Å²) in [4.78, 5) is 33.6. The van der Waals surface area contributed by atoms with Crippen molar-refractivity contribution in [3.8, 4) is 11.1 Å². The molecule has 1 aromatic heterocycles. The molecule has 0 spiro atoms. The van der Waals surface area contributed by atoms with Crippen LogP contribution in [0.2, 0.25) is 0 Å². The van der Waals surface area contributed by atoms with Crippen molar-refractivity contribution in [2.24, 2.45) is 4.36 Å². The zero-order chi connectivity index (χ0) is 34.1. The number of benzene rings is 3. The Morgan fingerprint density at radius 1 is 0.936 bits per heavy atom. The molecule has 3 aromatic carbocycles. The highest BCUT2D eigenvalue weighted by atomic mass is 32.2. The van der Waals surface area contributed by atoms with Crippen molar-refractivity contribution in [2.45, 2.75) is 43.9 Å². The maximum atomic E-state index is 13.0. The number of nitrogens with zero attached hydrogens (tertiary/aromatic N) is 3. The molecule has 4 amide bonds. The summed E-state index contributed by atoms with van der Waals surface area (Å²) in [6, 6.07) is 15.4. The van der Waals surface area contributed by atoms with Gasteiger partial charge in [0.1, 0.15) is 5.82 Å². The number of hydrogen-bond acceptors (Lipinski definition) is 9. The number of alkyl halides is 3. The topological polar surface area (TPSA) is 170 Å². The summed E-state index contributed by atoms with van der Waals surface area (Å²) >= 11 is 0. The number of amides is 4. The Morgan fingerprint density at radius 3 is 2.30 bits per heavy atom. The number of carbonyl (C=O) groups excluding carboxylic acids is 2. The maximum absolute atomic E-state index is 13.0. The molecule has 4 rings (SSSR count). The number of rotatable bonds is 10. The average Bonchev–Trinajstić information content (AvgIpc) is 3.01. The van der Waals surface area contributed by atoms with Crippen molar-refractivity contribution in [1.29, 1.82) is 0 Å². The van der Waals surface area contributed by atoms with E-state index in [4.69, 9.17) is 0 Å². The summed E-state index contributed by atoms with van der Waals surface area (Å²) in [5, 5.41) is 23.3. The molecule has 248 valence electrons. The Balaban J connectivity index is 1.50. The molecular weight excluding hydrogens is 637 g/mol. The third kappa shape index (κ3) is 10.1. The lowest BCUT2D eigenvalue weighted by Gasteiger charge is -2.17. The number of aromatic nitrogens is 2. The van der Waals surface area contributed by atoms with Crippen LogP contribution >= 0.6 is 0 Å². The predicted molar refractivity (Wildman–Crippen MR) is 174 cm³/mol. The van der Waals surface area contributed by atoms with Gasteiger partial charge in [0.25, 0.3) is 0 Å². The number of nitrogens with one attached hydrogen (secondary N) is 5. The molecule has 1 atom stereocenters.